The van der Waals surface area contributed by atoms with E-state index in [1.165, 1.54) is 6.07 Å². The average molecular weight is 541 g/mol. The molecule has 34 heavy (non-hydrogen) atoms. The highest BCUT2D eigenvalue weighted by molar-refractivity contribution is 7.89. The molecule has 2 aromatic rings. The molecule has 0 radical (unpaired) electrons. The highest BCUT2D eigenvalue weighted by Crippen LogP contribution is 2.32. The molecule has 0 spiro atoms. The first kappa shape index (κ1) is 26.2. The summed E-state index contributed by atoms with van der Waals surface area (Å²) < 4.78 is 75.3. The molecule has 1 N–H and O–H groups in total. The molecule has 0 unspecified atom stereocenters. The maximum Gasteiger partial charge on any atom is 0.416 e. The third-order valence-electron chi connectivity index (χ3n) is 4.64. The summed E-state index contributed by atoms with van der Waals surface area (Å²) >= 11 is 12.1. The van der Waals surface area contributed by atoms with Gasteiger partial charge in [-0.05, 0) is 30.3 Å². The van der Waals surface area contributed by atoms with Gasteiger partial charge in [-0.3, -0.25) is 4.79 Å². The maximum atomic E-state index is 12.9. The summed E-state index contributed by atoms with van der Waals surface area (Å²) in [5, 5.41) is 1.75. The first-order valence-corrected chi connectivity index (χ1v) is 11.8. The van der Waals surface area contributed by atoms with Crippen LogP contribution in [0.3, 0.4) is 0 Å². The average Bonchev–Trinajstić information content (AvgIpc) is 2.77. The van der Waals surface area contributed by atoms with Crippen molar-refractivity contribution in [3.8, 4) is 0 Å². The third-order valence-corrected chi connectivity index (χ3v) is 7.31. The first-order valence-electron chi connectivity index (χ1n) is 9.61. The van der Waals surface area contributed by atoms with E-state index in [1.807, 2.05) is 0 Å². The number of hydrogen-bond donors (Lipinski definition) is 1. The van der Waals surface area contributed by atoms with Crippen LogP contribution in [0.4, 0.5) is 18.9 Å². The molecular formula is C20H17Cl2F3N2O6S. The molecule has 2 aromatic carbocycles. The van der Waals surface area contributed by atoms with Gasteiger partial charge in [-0.25, -0.2) is 13.2 Å². The molecular weight excluding hydrogens is 524 g/mol. The normalized spacial score (nSPS) is 15.1. The summed E-state index contributed by atoms with van der Waals surface area (Å²) in [6.07, 6.45) is -4.60. The van der Waals surface area contributed by atoms with Crippen molar-refractivity contribution in [2.24, 2.45) is 0 Å². The Bertz CT molecular complexity index is 1200. The molecule has 14 heteroatoms. The lowest BCUT2D eigenvalue weighted by molar-refractivity contribution is -0.137. The smallest absolute Gasteiger partial charge is 0.416 e. The van der Waals surface area contributed by atoms with Gasteiger partial charge in [0.1, 0.15) is 4.90 Å². The number of hydrogen-bond acceptors (Lipinski definition) is 6. The summed E-state index contributed by atoms with van der Waals surface area (Å²) in [5.41, 5.74) is -1.48. The van der Waals surface area contributed by atoms with Gasteiger partial charge >= 0.3 is 12.1 Å². The number of carbonyl (C=O) groups excluding carboxylic acids is 2. The number of nitrogens with one attached hydrogen (secondary N) is 1. The zero-order valence-electron chi connectivity index (χ0n) is 17.2. The van der Waals surface area contributed by atoms with Gasteiger partial charge in [-0.15, -0.1) is 0 Å². The van der Waals surface area contributed by atoms with Crippen molar-refractivity contribution in [1.29, 1.82) is 0 Å². The van der Waals surface area contributed by atoms with Crippen LogP contribution in [-0.2, 0) is 30.5 Å². The van der Waals surface area contributed by atoms with Gasteiger partial charge in [-0.1, -0.05) is 29.3 Å². The van der Waals surface area contributed by atoms with Gasteiger partial charge in [0.25, 0.3) is 5.91 Å². The zero-order valence-corrected chi connectivity index (χ0v) is 19.5. The number of halogens is 5. The van der Waals surface area contributed by atoms with Gasteiger partial charge in [0.2, 0.25) is 10.0 Å². The Morgan fingerprint density at radius 3 is 2.41 bits per heavy atom. The van der Waals surface area contributed by atoms with Crippen LogP contribution in [0, 0.1) is 0 Å². The minimum Gasteiger partial charge on any atom is -0.452 e. The van der Waals surface area contributed by atoms with Crippen LogP contribution in [0.25, 0.3) is 0 Å². The second kappa shape index (κ2) is 10.5. The molecule has 0 bridgehead atoms. The number of morpholine rings is 1. The van der Waals surface area contributed by atoms with Gasteiger partial charge in [-0.2, -0.15) is 17.5 Å². The number of nitrogens with zero attached hydrogens (tertiary/aromatic N) is 1. The SMILES string of the molecule is O=C(COC(=O)c1cc(S(=O)(=O)N2CCOCC2)c(Cl)cc1Cl)Nc1cccc(C(F)(F)F)c1. The van der Waals surface area contributed by atoms with Gasteiger partial charge in [0.15, 0.2) is 6.61 Å². The fraction of sp³-hybridized carbons (Fsp3) is 0.300. The summed E-state index contributed by atoms with van der Waals surface area (Å²) in [4.78, 5) is 24.1. The molecule has 8 nitrogen and oxygen atoms in total. The lowest BCUT2D eigenvalue weighted by atomic mass is 10.2. The first-order chi connectivity index (χ1) is 15.9. The van der Waals surface area contributed by atoms with Crippen molar-refractivity contribution in [1.82, 2.24) is 4.31 Å². The van der Waals surface area contributed by atoms with Crippen LogP contribution in [0.2, 0.25) is 10.0 Å². The van der Waals surface area contributed by atoms with Crippen LogP contribution < -0.4 is 5.32 Å². The Kier molecular flexibility index (Phi) is 8.09. The number of ether oxygens (including phenoxy) is 2. The van der Waals surface area contributed by atoms with Gasteiger partial charge in [0, 0.05) is 18.8 Å². The second-order valence-corrected chi connectivity index (χ2v) is 9.70. The fourth-order valence-electron chi connectivity index (χ4n) is 2.99. The Morgan fingerprint density at radius 1 is 1.09 bits per heavy atom. The molecule has 1 aliphatic rings. The predicted octanol–water partition coefficient (Wildman–Crippen LogP) is 3.83. The number of sulfonamides is 1. The van der Waals surface area contributed by atoms with E-state index >= 15 is 0 Å². The van der Waals surface area contributed by atoms with Crippen molar-refractivity contribution in [2.45, 2.75) is 11.1 Å². The van der Waals surface area contributed by atoms with E-state index in [4.69, 9.17) is 32.7 Å². The van der Waals surface area contributed by atoms with Gasteiger partial charge < -0.3 is 14.8 Å². The van der Waals surface area contributed by atoms with E-state index in [-0.39, 0.29) is 52.5 Å². The number of alkyl halides is 3. The number of anilines is 1. The molecule has 0 aliphatic carbocycles. The maximum absolute atomic E-state index is 12.9. The highest BCUT2D eigenvalue weighted by atomic mass is 35.5. The van der Waals surface area contributed by atoms with Crippen LogP contribution in [0.15, 0.2) is 41.3 Å². The minimum atomic E-state index is -4.60. The van der Waals surface area contributed by atoms with Crippen LogP contribution >= 0.6 is 23.2 Å². The minimum absolute atomic E-state index is 0.0940. The lowest BCUT2D eigenvalue weighted by Gasteiger charge is -2.26. The van der Waals surface area contributed by atoms with E-state index < -0.39 is 40.2 Å². The summed E-state index contributed by atoms with van der Waals surface area (Å²) in [5.74, 6) is -2.04. The molecule has 3 rings (SSSR count). The Labute approximate surface area is 202 Å². The second-order valence-electron chi connectivity index (χ2n) is 6.98. The van der Waals surface area contributed by atoms with Crippen molar-refractivity contribution in [3.05, 3.63) is 57.6 Å². The molecule has 1 amide bonds. The lowest BCUT2D eigenvalue weighted by Crippen LogP contribution is -2.40. The largest absolute Gasteiger partial charge is 0.452 e. The summed E-state index contributed by atoms with van der Waals surface area (Å²) in [7, 11) is -4.07. The van der Waals surface area contributed by atoms with Crippen molar-refractivity contribution in [2.75, 3.05) is 38.2 Å². The molecule has 1 fully saturated rings. The van der Waals surface area contributed by atoms with E-state index in [1.54, 1.807) is 0 Å². The number of esters is 1. The summed E-state index contributed by atoms with van der Waals surface area (Å²) in [6.45, 7) is -0.284. The molecule has 184 valence electrons. The molecule has 1 aliphatic heterocycles. The standard InChI is InChI=1S/C20H17Cl2F3N2O6S/c21-15-10-16(22)17(34(30,31)27-4-6-32-7-5-27)9-14(15)19(29)33-11-18(28)26-13-3-1-2-12(8-13)20(23,24)25/h1-3,8-10H,4-7,11H2,(H,26,28). The summed E-state index contributed by atoms with van der Waals surface area (Å²) in [6, 6.07) is 5.90. The number of amides is 1. The highest BCUT2D eigenvalue weighted by Gasteiger charge is 2.31. The van der Waals surface area contributed by atoms with E-state index in [2.05, 4.69) is 5.32 Å². The Morgan fingerprint density at radius 2 is 1.76 bits per heavy atom. The third kappa shape index (κ3) is 6.19. The monoisotopic (exact) mass is 540 g/mol. The molecule has 0 atom stereocenters. The fourth-order valence-corrected chi connectivity index (χ4v) is 5.22. The Hall–Kier alpha value is -2.38. The predicted molar refractivity (Wildman–Crippen MR) is 116 cm³/mol. The Balaban J connectivity index is 1.71. The van der Waals surface area contributed by atoms with E-state index in [0.29, 0.717) is 0 Å². The van der Waals surface area contributed by atoms with Crippen molar-refractivity contribution in [3.63, 3.8) is 0 Å². The van der Waals surface area contributed by atoms with Crippen molar-refractivity contribution >= 4 is 50.8 Å². The quantitative estimate of drug-likeness (QED) is 0.558. The molecule has 0 saturated carbocycles. The number of rotatable bonds is 6. The van der Waals surface area contributed by atoms with Gasteiger partial charge in [0.05, 0.1) is 34.4 Å². The topological polar surface area (TPSA) is 102 Å². The van der Waals surface area contributed by atoms with Crippen LogP contribution in [0.1, 0.15) is 15.9 Å². The van der Waals surface area contributed by atoms with Crippen LogP contribution in [-0.4, -0.2) is 57.5 Å². The van der Waals surface area contributed by atoms with E-state index in [9.17, 15) is 31.2 Å². The van der Waals surface area contributed by atoms with Crippen LogP contribution in [0.5, 0.6) is 0 Å². The molecule has 1 saturated heterocycles. The number of carbonyl (C=O) groups is 2. The number of benzene rings is 2. The zero-order chi connectivity index (χ0) is 25.1. The molecule has 1 heterocycles. The van der Waals surface area contributed by atoms with Crippen molar-refractivity contribution < 1.29 is 40.7 Å². The molecule has 0 aromatic heterocycles. The van der Waals surface area contributed by atoms with E-state index in [0.717, 1.165) is 34.6 Å².